The van der Waals surface area contributed by atoms with Crippen LogP contribution in [0.1, 0.15) is 38.5 Å². The second-order valence-electron chi connectivity index (χ2n) is 4.28. The molecular formula is C10H21N3O2S2. The molecule has 1 saturated heterocycles. The highest BCUT2D eigenvalue weighted by atomic mass is 32.2. The van der Waals surface area contributed by atoms with Crippen LogP contribution in [0, 0.1) is 0 Å². The fraction of sp³-hybridized carbons (Fsp3) is 0.900. The molecule has 1 fully saturated rings. The van der Waals surface area contributed by atoms with Crippen LogP contribution in [-0.4, -0.2) is 37.3 Å². The molecule has 1 aliphatic heterocycles. The van der Waals surface area contributed by atoms with E-state index in [-0.39, 0.29) is 0 Å². The number of nitrogens with two attached hydrogens (primary N) is 1. The molecule has 0 unspecified atom stereocenters. The first-order valence-corrected chi connectivity index (χ1v) is 7.90. The molecule has 0 saturated carbocycles. The Bertz CT molecular complexity index is 335. The van der Waals surface area contributed by atoms with E-state index in [0.717, 1.165) is 25.7 Å². The standard InChI is InChI=1S/C10H21N3O2S2/c11-10(16)6-5-7-12-17(14,15)13-8-3-1-2-4-9-13/h12H,1-9H2,(H2,11,16). The van der Waals surface area contributed by atoms with E-state index in [0.29, 0.717) is 37.5 Å². The molecule has 0 atom stereocenters. The maximum absolute atomic E-state index is 11.9. The summed E-state index contributed by atoms with van der Waals surface area (Å²) in [7, 11) is -3.31. The van der Waals surface area contributed by atoms with Gasteiger partial charge >= 0.3 is 0 Å². The highest BCUT2D eigenvalue weighted by Crippen LogP contribution is 2.12. The summed E-state index contributed by atoms with van der Waals surface area (Å²) < 4.78 is 28.0. The lowest BCUT2D eigenvalue weighted by atomic mass is 10.2. The van der Waals surface area contributed by atoms with Crippen LogP contribution in [-0.2, 0) is 10.2 Å². The predicted octanol–water partition coefficient (Wildman–Crippen LogP) is 0.763. The molecule has 0 spiro atoms. The maximum atomic E-state index is 11.9. The highest BCUT2D eigenvalue weighted by molar-refractivity contribution is 7.87. The Balaban J connectivity index is 2.35. The quantitative estimate of drug-likeness (QED) is 0.556. The first-order chi connectivity index (χ1) is 8.02. The molecule has 1 rings (SSSR count). The normalized spacial score (nSPS) is 18.8. The first kappa shape index (κ1) is 14.8. The Morgan fingerprint density at radius 1 is 1.24 bits per heavy atom. The minimum atomic E-state index is -3.31. The summed E-state index contributed by atoms with van der Waals surface area (Å²) in [5, 5.41) is 0. The molecule has 5 nitrogen and oxygen atoms in total. The molecule has 0 radical (unpaired) electrons. The van der Waals surface area contributed by atoms with Gasteiger partial charge in [0, 0.05) is 19.6 Å². The molecule has 0 aromatic rings. The molecule has 3 N–H and O–H groups in total. The number of rotatable bonds is 6. The van der Waals surface area contributed by atoms with Crippen LogP contribution in [0.5, 0.6) is 0 Å². The van der Waals surface area contributed by atoms with Gasteiger partial charge in [-0.15, -0.1) is 0 Å². The molecule has 0 amide bonds. The van der Waals surface area contributed by atoms with Gasteiger partial charge < -0.3 is 5.73 Å². The number of hydrogen-bond acceptors (Lipinski definition) is 3. The first-order valence-electron chi connectivity index (χ1n) is 6.05. The second-order valence-corrected chi connectivity index (χ2v) is 6.56. The molecule has 0 bridgehead atoms. The van der Waals surface area contributed by atoms with Crippen molar-refractivity contribution in [3.8, 4) is 0 Å². The molecule has 7 heteroatoms. The molecule has 100 valence electrons. The molecule has 0 aromatic heterocycles. The van der Waals surface area contributed by atoms with Crippen molar-refractivity contribution in [3.63, 3.8) is 0 Å². The Kier molecular flexibility index (Phi) is 6.32. The van der Waals surface area contributed by atoms with E-state index in [4.69, 9.17) is 18.0 Å². The van der Waals surface area contributed by atoms with Gasteiger partial charge in [-0.05, 0) is 25.7 Å². The van der Waals surface area contributed by atoms with Gasteiger partial charge in [-0.1, -0.05) is 25.1 Å². The Hall–Kier alpha value is -0.240. The number of thiocarbonyl (C=S) groups is 1. The van der Waals surface area contributed by atoms with Crippen LogP contribution in [0.4, 0.5) is 0 Å². The third kappa shape index (κ3) is 5.76. The van der Waals surface area contributed by atoms with Crippen LogP contribution < -0.4 is 10.5 Å². The second kappa shape index (κ2) is 7.25. The topological polar surface area (TPSA) is 75.4 Å². The van der Waals surface area contributed by atoms with Gasteiger partial charge in [0.15, 0.2) is 0 Å². The van der Waals surface area contributed by atoms with E-state index < -0.39 is 10.2 Å². The summed E-state index contributed by atoms with van der Waals surface area (Å²) in [4.78, 5) is 0.430. The molecule has 0 aromatic carbocycles. The Labute approximate surface area is 109 Å². The highest BCUT2D eigenvalue weighted by Gasteiger charge is 2.21. The van der Waals surface area contributed by atoms with Crippen LogP contribution in [0.25, 0.3) is 0 Å². The van der Waals surface area contributed by atoms with Gasteiger partial charge in [-0.2, -0.15) is 12.7 Å². The van der Waals surface area contributed by atoms with Crippen molar-refractivity contribution in [3.05, 3.63) is 0 Å². The van der Waals surface area contributed by atoms with Crippen molar-refractivity contribution in [1.29, 1.82) is 0 Å². The minimum Gasteiger partial charge on any atom is -0.393 e. The van der Waals surface area contributed by atoms with Gasteiger partial charge in [0.2, 0.25) is 0 Å². The van der Waals surface area contributed by atoms with Crippen molar-refractivity contribution in [2.75, 3.05) is 19.6 Å². The van der Waals surface area contributed by atoms with E-state index in [1.165, 1.54) is 0 Å². The summed E-state index contributed by atoms with van der Waals surface area (Å²) in [6.07, 6.45) is 5.38. The van der Waals surface area contributed by atoms with E-state index in [2.05, 4.69) is 4.72 Å². The zero-order chi connectivity index (χ0) is 12.7. The van der Waals surface area contributed by atoms with Crippen molar-refractivity contribution in [2.45, 2.75) is 38.5 Å². The number of nitrogens with zero attached hydrogens (tertiary/aromatic N) is 1. The largest absolute Gasteiger partial charge is 0.393 e. The van der Waals surface area contributed by atoms with E-state index in [1.807, 2.05) is 0 Å². The summed E-state index contributed by atoms with van der Waals surface area (Å²) in [5.74, 6) is 0. The van der Waals surface area contributed by atoms with E-state index >= 15 is 0 Å². The predicted molar refractivity (Wildman–Crippen MR) is 73.0 cm³/mol. The van der Waals surface area contributed by atoms with Gasteiger partial charge in [-0.25, -0.2) is 4.72 Å². The Morgan fingerprint density at radius 2 is 1.82 bits per heavy atom. The maximum Gasteiger partial charge on any atom is 0.279 e. The van der Waals surface area contributed by atoms with Gasteiger partial charge in [0.1, 0.15) is 0 Å². The fourth-order valence-corrected chi connectivity index (χ4v) is 3.31. The Morgan fingerprint density at radius 3 is 2.35 bits per heavy atom. The van der Waals surface area contributed by atoms with Crippen LogP contribution in [0.15, 0.2) is 0 Å². The molecular weight excluding hydrogens is 258 g/mol. The van der Waals surface area contributed by atoms with Gasteiger partial charge in [0.25, 0.3) is 10.2 Å². The monoisotopic (exact) mass is 279 g/mol. The lowest BCUT2D eigenvalue weighted by Gasteiger charge is -2.20. The molecule has 0 aliphatic carbocycles. The van der Waals surface area contributed by atoms with E-state index in [9.17, 15) is 8.42 Å². The summed E-state index contributed by atoms with van der Waals surface area (Å²) in [6.45, 7) is 1.66. The summed E-state index contributed by atoms with van der Waals surface area (Å²) in [5.41, 5.74) is 5.35. The van der Waals surface area contributed by atoms with E-state index in [1.54, 1.807) is 4.31 Å². The summed E-state index contributed by atoms with van der Waals surface area (Å²) >= 11 is 4.74. The van der Waals surface area contributed by atoms with Gasteiger partial charge in [-0.3, -0.25) is 0 Å². The minimum absolute atomic E-state index is 0.399. The third-order valence-electron chi connectivity index (χ3n) is 2.79. The van der Waals surface area contributed by atoms with Crippen molar-refractivity contribution in [2.24, 2.45) is 5.73 Å². The van der Waals surface area contributed by atoms with Crippen molar-refractivity contribution in [1.82, 2.24) is 9.03 Å². The zero-order valence-corrected chi connectivity index (χ0v) is 11.7. The number of nitrogens with one attached hydrogen (secondary N) is 1. The van der Waals surface area contributed by atoms with Gasteiger partial charge in [0.05, 0.1) is 4.99 Å². The fourth-order valence-electron chi connectivity index (χ4n) is 1.84. The van der Waals surface area contributed by atoms with Crippen LogP contribution in [0.3, 0.4) is 0 Å². The SMILES string of the molecule is NC(=S)CCCNS(=O)(=O)N1CCCCCC1. The van der Waals surface area contributed by atoms with Crippen molar-refractivity contribution < 1.29 is 8.42 Å². The molecule has 1 aliphatic rings. The molecule has 17 heavy (non-hydrogen) atoms. The van der Waals surface area contributed by atoms with Crippen molar-refractivity contribution >= 4 is 27.4 Å². The number of hydrogen-bond donors (Lipinski definition) is 2. The smallest absolute Gasteiger partial charge is 0.279 e. The lowest BCUT2D eigenvalue weighted by Crippen LogP contribution is -2.41. The lowest BCUT2D eigenvalue weighted by molar-refractivity contribution is 0.414. The average molecular weight is 279 g/mol. The van der Waals surface area contributed by atoms with Crippen LogP contribution >= 0.6 is 12.2 Å². The third-order valence-corrected chi connectivity index (χ3v) is 4.61. The van der Waals surface area contributed by atoms with Crippen LogP contribution in [0.2, 0.25) is 0 Å². The molecule has 1 heterocycles. The zero-order valence-electron chi connectivity index (χ0n) is 10.0. The average Bonchev–Trinajstić information content (AvgIpc) is 2.53. The summed E-state index contributed by atoms with van der Waals surface area (Å²) in [6, 6.07) is 0.